The van der Waals surface area contributed by atoms with Crippen molar-refractivity contribution < 1.29 is 9.84 Å². The Morgan fingerprint density at radius 1 is 0.900 bits per heavy atom. The molecular weight excluding hydrogens is 252 g/mol. The molecule has 1 atom stereocenters. The van der Waals surface area contributed by atoms with Crippen LogP contribution in [0.1, 0.15) is 47.0 Å². The third-order valence-electron chi connectivity index (χ3n) is 3.71. The predicted octanol–water partition coefficient (Wildman–Crippen LogP) is 2.22. The van der Waals surface area contributed by atoms with E-state index in [1.165, 1.54) is 6.42 Å². The van der Waals surface area contributed by atoms with Crippen molar-refractivity contribution in [3.05, 3.63) is 0 Å². The van der Waals surface area contributed by atoms with E-state index < -0.39 is 0 Å². The van der Waals surface area contributed by atoms with Gasteiger partial charge in [-0.05, 0) is 45.6 Å². The number of hydrogen-bond donors (Lipinski definition) is 1. The topological polar surface area (TPSA) is 35.9 Å². The standard InChI is InChI=1S/C16H36N2O2/c1-5-9-13-20-15-16(19)14-18(8-4)12-10-11-17(6-2)7-3/h16,19H,5-15H2,1-4H3. The highest BCUT2D eigenvalue weighted by atomic mass is 16.5. The average molecular weight is 288 g/mol. The van der Waals surface area contributed by atoms with Crippen LogP contribution in [0.4, 0.5) is 0 Å². The molecule has 0 saturated heterocycles. The number of nitrogens with zero attached hydrogens (tertiary/aromatic N) is 2. The zero-order chi connectivity index (χ0) is 15.2. The summed E-state index contributed by atoms with van der Waals surface area (Å²) in [4.78, 5) is 4.76. The largest absolute Gasteiger partial charge is 0.389 e. The summed E-state index contributed by atoms with van der Waals surface area (Å²) in [5.41, 5.74) is 0. The van der Waals surface area contributed by atoms with Crippen molar-refractivity contribution in [2.24, 2.45) is 0 Å². The number of aliphatic hydroxyl groups is 1. The van der Waals surface area contributed by atoms with Gasteiger partial charge in [0.15, 0.2) is 0 Å². The molecule has 122 valence electrons. The first kappa shape index (κ1) is 19.8. The van der Waals surface area contributed by atoms with Gasteiger partial charge in [0.1, 0.15) is 0 Å². The predicted molar refractivity (Wildman–Crippen MR) is 86.3 cm³/mol. The van der Waals surface area contributed by atoms with E-state index in [0.29, 0.717) is 6.61 Å². The summed E-state index contributed by atoms with van der Waals surface area (Å²) in [6, 6.07) is 0. The molecule has 0 aromatic carbocycles. The Kier molecular flexibility index (Phi) is 13.7. The van der Waals surface area contributed by atoms with E-state index in [1.807, 2.05) is 0 Å². The van der Waals surface area contributed by atoms with Crippen LogP contribution in [-0.4, -0.2) is 73.5 Å². The van der Waals surface area contributed by atoms with Gasteiger partial charge < -0.3 is 19.6 Å². The van der Waals surface area contributed by atoms with Gasteiger partial charge >= 0.3 is 0 Å². The molecule has 1 unspecified atom stereocenters. The molecule has 0 amide bonds. The van der Waals surface area contributed by atoms with Gasteiger partial charge in [0.05, 0.1) is 12.7 Å². The second-order valence-electron chi connectivity index (χ2n) is 5.36. The lowest BCUT2D eigenvalue weighted by atomic mass is 10.3. The van der Waals surface area contributed by atoms with Gasteiger partial charge in [0, 0.05) is 13.2 Å². The summed E-state index contributed by atoms with van der Waals surface area (Å²) in [6.07, 6.45) is 3.02. The Labute approximate surface area is 126 Å². The van der Waals surface area contributed by atoms with Gasteiger partial charge in [-0.1, -0.05) is 34.1 Å². The smallest absolute Gasteiger partial charge is 0.0900 e. The Hall–Kier alpha value is -0.160. The minimum Gasteiger partial charge on any atom is -0.389 e. The lowest BCUT2D eigenvalue weighted by Gasteiger charge is -2.25. The van der Waals surface area contributed by atoms with Gasteiger partial charge in [-0.25, -0.2) is 0 Å². The van der Waals surface area contributed by atoms with Crippen molar-refractivity contribution in [2.45, 2.75) is 53.1 Å². The monoisotopic (exact) mass is 288 g/mol. The maximum absolute atomic E-state index is 9.97. The summed E-state index contributed by atoms with van der Waals surface area (Å²) in [7, 11) is 0. The molecule has 20 heavy (non-hydrogen) atoms. The van der Waals surface area contributed by atoms with Crippen molar-refractivity contribution in [2.75, 3.05) is 52.5 Å². The summed E-state index contributed by atoms with van der Waals surface area (Å²) < 4.78 is 5.47. The molecule has 0 aliphatic heterocycles. The van der Waals surface area contributed by atoms with E-state index in [0.717, 1.165) is 58.7 Å². The molecule has 0 saturated carbocycles. The number of ether oxygens (including phenoxy) is 1. The SMILES string of the molecule is CCCCOCC(O)CN(CC)CCCN(CC)CC. The molecule has 0 aliphatic rings. The molecule has 1 N–H and O–H groups in total. The summed E-state index contributed by atoms with van der Waals surface area (Å²) in [5, 5.41) is 9.97. The fraction of sp³-hybridized carbons (Fsp3) is 1.00. The van der Waals surface area contributed by atoms with E-state index in [9.17, 15) is 5.11 Å². The fourth-order valence-corrected chi connectivity index (χ4v) is 2.25. The average Bonchev–Trinajstić information content (AvgIpc) is 2.47. The number of aliphatic hydroxyl groups excluding tert-OH is 1. The fourth-order valence-electron chi connectivity index (χ4n) is 2.25. The molecule has 0 heterocycles. The highest BCUT2D eigenvalue weighted by molar-refractivity contribution is 4.64. The third kappa shape index (κ3) is 10.6. The summed E-state index contributed by atoms with van der Waals surface area (Å²) in [6.45, 7) is 16.1. The molecule has 0 bridgehead atoms. The lowest BCUT2D eigenvalue weighted by Crippen LogP contribution is -2.37. The number of rotatable bonds is 14. The maximum Gasteiger partial charge on any atom is 0.0900 e. The molecule has 0 aliphatic carbocycles. The quantitative estimate of drug-likeness (QED) is 0.497. The van der Waals surface area contributed by atoms with Crippen LogP contribution in [0.3, 0.4) is 0 Å². The van der Waals surface area contributed by atoms with Crippen molar-refractivity contribution >= 4 is 0 Å². The molecule has 0 spiro atoms. The van der Waals surface area contributed by atoms with E-state index in [4.69, 9.17) is 4.74 Å². The first-order valence-corrected chi connectivity index (χ1v) is 8.38. The number of hydrogen-bond acceptors (Lipinski definition) is 4. The normalized spacial score (nSPS) is 13.3. The molecule has 0 aromatic rings. The minimum atomic E-state index is -0.361. The second kappa shape index (κ2) is 13.8. The van der Waals surface area contributed by atoms with Crippen molar-refractivity contribution in [3.63, 3.8) is 0 Å². The van der Waals surface area contributed by atoms with Crippen LogP contribution < -0.4 is 0 Å². The van der Waals surface area contributed by atoms with Crippen LogP contribution in [0.25, 0.3) is 0 Å². The highest BCUT2D eigenvalue weighted by Crippen LogP contribution is 1.99. The van der Waals surface area contributed by atoms with Crippen molar-refractivity contribution in [1.82, 2.24) is 9.80 Å². The Morgan fingerprint density at radius 2 is 1.50 bits per heavy atom. The Balaban J connectivity index is 3.73. The molecule has 0 fully saturated rings. The van der Waals surface area contributed by atoms with Crippen molar-refractivity contribution in [3.8, 4) is 0 Å². The van der Waals surface area contributed by atoms with Gasteiger partial charge in [0.25, 0.3) is 0 Å². The van der Waals surface area contributed by atoms with Crippen molar-refractivity contribution in [1.29, 1.82) is 0 Å². The minimum absolute atomic E-state index is 0.361. The van der Waals surface area contributed by atoms with Crippen LogP contribution in [-0.2, 0) is 4.74 Å². The van der Waals surface area contributed by atoms with Crippen LogP contribution in [0.15, 0.2) is 0 Å². The van der Waals surface area contributed by atoms with Crippen LogP contribution in [0.5, 0.6) is 0 Å². The summed E-state index contributed by atoms with van der Waals surface area (Å²) >= 11 is 0. The second-order valence-corrected chi connectivity index (χ2v) is 5.36. The molecular formula is C16H36N2O2. The zero-order valence-electron chi connectivity index (χ0n) is 14.1. The number of likely N-dealkylation sites (N-methyl/N-ethyl adjacent to an activating group) is 1. The van der Waals surface area contributed by atoms with E-state index in [2.05, 4.69) is 37.5 Å². The molecule has 0 rings (SSSR count). The van der Waals surface area contributed by atoms with Gasteiger partial charge in [-0.15, -0.1) is 0 Å². The first-order valence-electron chi connectivity index (χ1n) is 8.38. The molecule has 0 radical (unpaired) electrons. The zero-order valence-corrected chi connectivity index (χ0v) is 14.1. The number of unbranched alkanes of at least 4 members (excludes halogenated alkanes) is 1. The van der Waals surface area contributed by atoms with E-state index in [1.54, 1.807) is 0 Å². The Bertz CT molecular complexity index is 199. The van der Waals surface area contributed by atoms with E-state index >= 15 is 0 Å². The Morgan fingerprint density at radius 3 is 2.05 bits per heavy atom. The lowest BCUT2D eigenvalue weighted by molar-refractivity contribution is 0.0161. The van der Waals surface area contributed by atoms with E-state index in [-0.39, 0.29) is 6.10 Å². The summed E-state index contributed by atoms with van der Waals surface area (Å²) in [5.74, 6) is 0. The third-order valence-corrected chi connectivity index (χ3v) is 3.71. The van der Waals surface area contributed by atoms with Gasteiger partial charge in [0.2, 0.25) is 0 Å². The van der Waals surface area contributed by atoms with Crippen LogP contribution in [0, 0.1) is 0 Å². The highest BCUT2D eigenvalue weighted by Gasteiger charge is 2.10. The van der Waals surface area contributed by atoms with Crippen LogP contribution in [0.2, 0.25) is 0 Å². The molecule has 0 aromatic heterocycles. The van der Waals surface area contributed by atoms with Gasteiger partial charge in [-0.3, -0.25) is 0 Å². The maximum atomic E-state index is 9.97. The molecule has 4 nitrogen and oxygen atoms in total. The first-order chi connectivity index (χ1) is 9.67. The molecule has 4 heteroatoms. The van der Waals surface area contributed by atoms with Gasteiger partial charge in [-0.2, -0.15) is 0 Å². The van der Waals surface area contributed by atoms with Crippen LogP contribution >= 0.6 is 0 Å².